The topological polar surface area (TPSA) is 78.4 Å². The van der Waals surface area contributed by atoms with Crippen LogP contribution in [-0.2, 0) is 11.2 Å². The fraction of sp³-hybridized carbons (Fsp3) is 0.154. The van der Waals surface area contributed by atoms with Crippen molar-refractivity contribution in [2.24, 2.45) is 0 Å². The minimum atomic E-state index is -0.407. The Morgan fingerprint density at radius 2 is 1.61 bits per heavy atom. The summed E-state index contributed by atoms with van der Waals surface area (Å²) in [6.07, 6.45) is 4.29. The maximum atomic E-state index is 13.0. The lowest BCUT2D eigenvalue weighted by atomic mass is 10.0. The lowest BCUT2D eigenvalue weighted by Gasteiger charge is -2.18. The Morgan fingerprint density at radius 1 is 0.935 bits per heavy atom. The van der Waals surface area contributed by atoms with Crippen LogP contribution in [0.25, 0.3) is 12.2 Å². The molecule has 5 heteroatoms. The number of hydrogen-bond acceptors (Lipinski definition) is 3. The summed E-state index contributed by atoms with van der Waals surface area (Å²) in [5, 5.41) is 15.4. The smallest absolute Gasteiger partial charge is 0.252 e. The summed E-state index contributed by atoms with van der Waals surface area (Å²) < 4.78 is 0. The van der Waals surface area contributed by atoms with Gasteiger partial charge in [-0.1, -0.05) is 72.8 Å². The van der Waals surface area contributed by atoms with Crippen molar-refractivity contribution in [2.45, 2.75) is 19.4 Å². The number of anilines is 1. The zero-order valence-electron chi connectivity index (χ0n) is 17.4. The molecule has 0 unspecified atom stereocenters. The quantitative estimate of drug-likeness (QED) is 0.485. The largest absolute Gasteiger partial charge is 0.394 e. The molecule has 0 bridgehead atoms. The average molecular weight is 415 g/mol. The summed E-state index contributed by atoms with van der Waals surface area (Å²) in [5.74, 6) is -0.463. The molecule has 0 aliphatic rings. The van der Waals surface area contributed by atoms with Gasteiger partial charge in [0.15, 0.2) is 0 Å². The van der Waals surface area contributed by atoms with E-state index >= 15 is 0 Å². The van der Waals surface area contributed by atoms with Crippen LogP contribution in [0.5, 0.6) is 0 Å². The van der Waals surface area contributed by atoms with E-state index in [4.69, 9.17) is 0 Å². The first kappa shape index (κ1) is 22.0. The van der Waals surface area contributed by atoms with E-state index in [1.807, 2.05) is 72.8 Å². The zero-order chi connectivity index (χ0) is 22.1. The average Bonchev–Trinajstić information content (AvgIpc) is 2.78. The highest BCUT2D eigenvalue weighted by molar-refractivity contribution is 6.00. The summed E-state index contributed by atoms with van der Waals surface area (Å²) >= 11 is 0. The first-order valence-corrected chi connectivity index (χ1v) is 10.2. The van der Waals surface area contributed by atoms with Crippen molar-refractivity contribution in [3.63, 3.8) is 0 Å². The van der Waals surface area contributed by atoms with Gasteiger partial charge in [0.1, 0.15) is 0 Å². The van der Waals surface area contributed by atoms with Crippen LogP contribution < -0.4 is 10.6 Å². The first-order chi connectivity index (χ1) is 15.0. The molecular weight excluding hydrogens is 388 g/mol. The molecule has 0 saturated carbocycles. The Morgan fingerprint density at radius 3 is 2.26 bits per heavy atom. The van der Waals surface area contributed by atoms with Crippen LogP contribution in [0, 0.1) is 0 Å². The number of nitrogens with one attached hydrogen (secondary N) is 2. The van der Waals surface area contributed by atoms with Gasteiger partial charge in [0.2, 0.25) is 5.91 Å². The summed E-state index contributed by atoms with van der Waals surface area (Å²) in [6, 6.07) is 24.2. The minimum absolute atomic E-state index is 0.167. The Hall–Kier alpha value is -3.70. The minimum Gasteiger partial charge on any atom is -0.394 e. The third-order valence-corrected chi connectivity index (χ3v) is 4.75. The van der Waals surface area contributed by atoms with Gasteiger partial charge in [-0.25, -0.2) is 0 Å². The lowest BCUT2D eigenvalue weighted by Crippen LogP contribution is -2.39. The molecule has 3 N–H and O–H groups in total. The van der Waals surface area contributed by atoms with Crippen molar-refractivity contribution in [2.75, 3.05) is 11.9 Å². The summed E-state index contributed by atoms with van der Waals surface area (Å²) in [6.45, 7) is 1.27. The van der Waals surface area contributed by atoms with E-state index in [9.17, 15) is 14.7 Å². The molecule has 0 spiro atoms. The highest BCUT2D eigenvalue weighted by Crippen LogP contribution is 2.20. The standard InChI is InChI=1S/C26H26N2O3/c1-19(30)27-23-14-15-25(22(17-23)13-12-20-8-4-2-5-9-20)26(31)28-24(18-29)16-21-10-6-3-7-11-21/h2-15,17,24,29H,16,18H2,1H3,(H,27,30)(H,28,31)/b13-12+/t24-/m0/s1. The van der Waals surface area contributed by atoms with Crippen LogP contribution in [0.15, 0.2) is 78.9 Å². The molecule has 158 valence electrons. The Balaban J connectivity index is 1.84. The molecule has 0 radical (unpaired) electrons. The zero-order valence-corrected chi connectivity index (χ0v) is 17.4. The highest BCUT2D eigenvalue weighted by atomic mass is 16.3. The van der Waals surface area contributed by atoms with Crippen molar-refractivity contribution in [1.29, 1.82) is 0 Å². The Kier molecular flexibility index (Phi) is 7.73. The van der Waals surface area contributed by atoms with Gasteiger partial charge in [-0.15, -0.1) is 0 Å². The number of carbonyl (C=O) groups is 2. The van der Waals surface area contributed by atoms with Crippen molar-refractivity contribution in [3.8, 4) is 0 Å². The molecule has 5 nitrogen and oxygen atoms in total. The van der Waals surface area contributed by atoms with Gasteiger partial charge >= 0.3 is 0 Å². The fourth-order valence-electron chi connectivity index (χ4n) is 3.26. The number of amides is 2. The van der Waals surface area contributed by atoms with Gasteiger partial charge in [-0.2, -0.15) is 0 Å². The van der Waals surface area contributed by atoms with Crippen LogP contribution >= 0.6 is 0 Å². The highest BCUT2D eigenvalue weighted by Gasteiger charge is 2.16. The van der Waals surface area contributed by atoms with Crippen LogP contribution in [0.3, 0.4) is 0 Å². The molecule has 0 heterocycles. The number of aliphatic hydroxyl groups excluding tert-OH is 1. The first-order valence-electron chi connectivity index (χ1n) is 10.2. The van der Waals surface area contributed by atoms with E-state index in [1.54, 1.807) is 18.2 Å². The summed E-state index contributed by atoms with van der Waals surface area (Å²) in [4.78, 5) is 24.5. The van der Waals surface area contributed by atoms with Crippen LogP contribution in [-0.4, -0.2) is 29.6 Å². The third-order valence-electron chi connectivity index (χ3n) is 4.75. The molecule has 1 atom stereocenters. The van der Waals surface area contributed by atoms with Crippen molar-refractivity contribution in [1.82, 2.24) is 5.32 Å². The van der Waals surface area contributed by atoms with E-state index < -0.39 is 6.04 Å². The predicted octanol–water partition coefficient (Wildman–Crippen LogP) is 4.15. The molecule has 0 saturated heterocycles. The van der Waals surface area contributed by atoms with Crippen molar-refractivity contribution in [3.05, 3.63) is 101 Å². The van der Waals surface area contributed by atoms with Gasteiger partial charge in [-0.3, -0.25) is 9.59 Å². The number of carbonyl (C=O) groups excluding carboxylic acids is 2. The van der Waals surface area contributed by atoms with E-state index in [1.165, 1.54) is 6.92 Å². The molecule has 3 aromatic carbocycles. The molecule has 31 heavy (non-hydrogen) atoms. The molecule has 0 aromatic heterocycles. The van der Waals surface area contributed by atoms with Crippen LogP contribution in [0.2, 0.25) is 0 Å². The van der Waals surface area contributed by atoms with Crippen molar-refractivity contribution >= 4 is 29.7 Å². The van der Waals surface area contributed by atoms with Crippen LogP contribution in [0.1, 0.15) is 34.0 Å². The molecule has 2 amide bonds. The fourth-order valence-corrected chi connectivity index (χ4v) is 3.26. The molecule has 0 aliphatic heterocycles. The normalized spacial score (nSPS) is 11.8. The Labute approximate surface area is 182 Å². The second-order valence-corrected chi connectivity index (χ2v) is 7.27. The maximum Gasteiger partial charge on any atom is 0.252 e. The number of hydrogen-bond donors (Lipinski definition) is 3. The maximum absolute atomic E-state index is 13.0. The molecular formula is C26H26N2O3. The van der Waals surface area contributed by atoms with Crippen LogP contribution in [0.4, 0.5) is 5.69 Å². The third kappa shape index (κ3) is 6.66. The van der Waals surface area contributed by atoms with Gasteiger partial charge in [-0.05, 0) is 41.3 Å². The molecule has 3 aromatic rings. The number of rotatable bonds is 8. The monoisotopic (exact) mass is 414 g/mol. The second kappa shape index (κ2) is 10.9. The van der Waals surface area contributed by atoms with Gasteiger partial charge in [0.25, 0.3) is 5.91 Å². The second-order valence-electron chi connectivity index (χ2n) is 7.27. The molecule has 0 fully saturated rings. The SMILES string of the molecule is CC(=O)Nc1ccc(C(=O)N[C@H](CO)Cc2ccccc2)c(/C=C/c2ccccc2)c1. The summed E-state index contributed by atoms with van der Waals surface area (Å²) in [7, 11) is 0. The summed E-state index contributed by atoms with van der Waals surface area (Å²) in [5.41, 5.74) is 3.78. The lowest BCUT2D eigenvalue weighted by molar-refractivity contribution is -0.114. The van der Waals surface area contributed by atoms with Gasteiger partial charge < -0.3 is 15.7 Å². The molecule has 3 rings (SSSR count). The van der Waals surface area contributed by atoms with Gasteiger partial charge in [0, 0.05) is 18.2 Å². The predicted molar refractivity (Wildman–Crippen MR) is 125 cm³/mol. The van der Waals surface area contributed by atoms with E-state index in [-0.39, 0.29) is 18.4 Å². The number of aliphatic hydroxyl groups is 1. The van der Waals surface area contributed by atoms with Crippen molar-refractivity contribution < 1.29 is 14.7 Å². The molecule has 0 aliphatic carbocycles. The van der Waals surface area contributed by atoms with E-state index in [0.717, 1.165) is 11.1 Å². The van der Waals surface area contributed by atoms with Gasteiger partial charge in [0.05, 0.1) is 12.6 Å². The van der Waals surface area contributed by atoms with E-state index in [2.05, 4.69) is 10.6 Å². The Bertz CT molecular complexity index is 1050. The number of benzene rings is 3. The van der Waals surface area contributed by atoms with E-state index in [0.29, 0.717) is 23.2 Å².